The molecule has 0 bridgehead atoms. The van der Waals surface area contributed by atoms with Gasteiger partial charge in [0.25, 0.3) is 11.3 Å². The summed E-state index contributed by atoms with van der Waals surface area (Å²) < 4.78 is 1.33. The Morgan fingerprint density at radius 3 is 2.95 bits per heavy atom. The average Bonchev–Trinajstić information content (AvgIpc) is 3.06. The minimum Gasteiger partial charge on any atom is -0.361 e. The highest BCUT2D eigenvalue weighted by atomic mass is 16.1. The van der Waals surface area contributed by atoms with Crippen molar-refractivity contribution in [2.75, 3.05) is 0 Å². The number of benzene rings is 1. The number of H-pyrrole nitrogens is 2. The first-order valence-electron chi connectivity index (χ1n) is 5.82. The van der Waals surface area contributed by atoms with E-state index in [9.17, 15) is 4.79 Å². The van der Waals surface area contributed by atoms with Crippen molar-refractivity contribution in [2.24, 2.45) is 0 Å². The van der Waals surface area contributed by atoms with Gasteiger partial charge in [-0.3, -0.25) is 9.89 Å². The fraction of sp³-hybridized carbons (Fsp3) is 0. The van der Waals surface area contributed by atoms with Crippen LogP contribution in [0, 0.1) is 0 Å². The maximum absolute atomic E-state index is 12.4. The van der Waals surface area contributed by atoms with Crippen LogP contribution in [0.15, 0.2) is 47.8 Å². The second kappa shape index (κ2) is 3.55. The number of fused-ring (bicyclic) bond motifs is 2. The van der Waals surface area contributed by atoms with Gasteiger partial charge in [-0.2, -0.15) is 4.52 Å². The Balaban J connectivity index is 2.09. The Kier molecular flexibility index (Phi) is 1.88. The van der Waals surface area contributed by atoms with Gasteiger partial charge in [0.05, 0.1) is 5.56 Å². The van der Waals surface area contributed by atoms with Gasteiger partial charge in [0.1, 0.15) is 6.33 Å². The van der Waals surface area contributed by atoms with Crippen LogP contribution in [0.25, 0.3) is 27.8 Å². The van der Waals surface area contributed by atoms with E-state index in [2.05, 4.69) is 20.1 Å². The first kappa shape index (κ1) is 10.1. The summed E-state index contributed by atoms with van der Waals surface area (Å²) in [5, 5.41) is 3.76. The molecule has 0 aliphatic rings. The largest absolute Gasteiger partial charge is 0.361 e. The van der Waals surface area contributed by atoms with Crippen molar-refractivity contribution in [3.05, 3.63) is 53.3 Å². The van der Waals surface area contributed by atoms with Gasteiger partial charge >= 0.3 is 0 Å². The number of rotatable bonds is 1. The highest BCUT2D eigenvalue weighted by Gasteiger charge is 2.12. The zero-order valence-electron chi connectivity index (χ0n) is 9.79. The van der Waals surface area contributed by atoms with E-state index >= 15 is 0 Å². The van der Waals surface area contributed by atoms with Crippen LogP contribution >= 0.6 is 0 Å². The molecule has 0 aliphatic carbocycles. The zero-order chi connectivity index (χ0) is 12.8. The molecular weight excluding hydrogens is 242 g/mol. The number of para-hydroxylation sites is 1. The molecule has 92 valence electrons. The predicted octanol–water partition coefficient (Wildman–Crippen LogP) is 1.57. The van der Waals surface area contributed by atoms with Crippen molar-refractivity contribution in [3.63, 3.8) is 0 Å². The highest BCUT2D eigenvalue weighted by Crippen LogP contribution is 2.25. The second-order valence-corrected chi connectivity index (χ2v) is 4.25. The van der Waals surface area contributed by atoms with Crippen molar-refractivity contribution in [2.45, 2.75) is 0 Å². The van der Waals surface area contributed by atoms with E-state index in [1.165, 1.54) is 10.8 Å². The van der Waals surface area contributed by atoms with Crippen LogP contribution < -0.4 is 5.56 Å². The summed E-state index contributed by atoms with van der Waals surface area (Å²) in [5.41, 5.74) is 2.22. The molecule has 3 aromatic heterocycles. The molecule has 0 amide bonds. The van der Waals surface area contributed by atoms with Crippen molar-refractivity contribution in [3.8, 4) is 11.1 Å². The van der Waals surface area contributed by atoms with E-state index in [1.54, 1.807) is 6.20 Å². The maximum Gasteiger partial charge on any atom is 0.281 e. The zero-order valence-corrected chi connectivity index (χ0v) is 9.79. The molecule has 0 radical (unpaired) electrons. The Bertz CT molecular complexity index is 946. The van der Waals surface area contributed by atoms with Gasteiger partial charge in [0.15, 0.2) is 0 Å². The van der Waals surface area contributed by atoms with Gasteiger partial charge in [0.2, 0.25) is 0 Å². The van der Waals surface area contributed by atoms with Crippen molar-refractivity contribution in [1.29, 1.82) is 0 Å². The number of nitrogens with zero attached hydrogens (tertiary/aromatic N) is 3. The Morgan fingerprint density at radius 2 is 2.00 bits per heavy atom. The number of aromatic amines is 2. The monoisotopic (exact) mass is 251 g/mol. The summed E-state index contributed by atoms with van der Waals surface area (Å²) in [4.78, 5) is 23.6. The third-order valence-electron chi connectivity index (χ3n) is 3.19. The summed E-state index contributed by atoms with van der Waals surface area (Å²) in [5.74, 6) is 0.369. The lowest BCUT2D eigenvalue weighted by Crippen LogP contribution is -2.16. The van der Waals surface area contributed by atoms with Crippen LogP contribution in [0.1, 0.15) is 0 Å². The van der Waals surface area contributed by atoms with E-state index in [0.29, 0.717) is 11.3 Å². The third-order valence-corrected chi connectivity index (χ3v) is 3.19. The molecule has 0 saturated carbocycles. The summed E-state index contributed by atoms with van der Waals surface area (Å²) >= 11 is 0. The number of aromatic nitrogens is 5. The molecule has 0 spiro atoms. The fourth-order valence-electron chi connectivity index (χ4n) is 2.28. The number of hydrogen-bond donors (Lipinski definition) is 2. The fourth-order valence-corrected chi connectivity index (χ4v) is 2.28. The summed E-state index contributed by atoms with van der Waals surface area (Å²) in [6.07, 6.45) is 4.84. The van der Waals surface area contributed by atoms with Gasteiger partial charge in [-0.1, -0.05) is 18.2 Å². The molecule has 4 aromatic rings. The van der Waals surface area contributed by atoms with Crippen molar-refractivity contribution in [1.82, 2.24) is 24.6 Å². The van der Waals surface area contributed by atoms with Gasteiger partial charge in [-0.05, 0) is 6.07 Å². The molecule has 6 nitrogen and oxygen atoms in total. The summed E-state index contributed by atoms with van der Waals surface area (Å²) in [6, 6.07) is 7.84. The maximum atomic E-state index is 12.4. The lowest BCUT2D eigenvalue weighted by Gasteiger charge is -1.99. The van der Waals surface area contributed by atoms with E-state index in [1.807, 2.05) is 30.5 Å². The summed E-state index contributed by atoms with van der Waals surface area (Å²) in [6.45, 7) is 0. The van der Waals surface area contributed by atoms with Gasteiger partial charge in [-0.15, -0.1) is 0 Å². The molecule has 2 N–H and O–H groups in total. The van der Waals surface area contributed by atoms with Crippen LogP contribution in [0.3, 0.4) is 0 Å². The number of hydrogen-bond acceptors (Lipinski definition) is 3. The minimum absolute atomic E-state index is 0.160. The van der Waals surface area contributed by atoms with Gasteiger partial charge in [0, 0.05) is 28.9 Å². The molecular formula is C13H9N5O. The average molecular weight is 251 g/mol. The van der Waals surface area contributed by atoms with E-state index < -0.39 is 0 Å². The smallest absolute Gasteiger partial charge is 0.281 e. The lowest BCUT2D eigenvalue weighted by atomic mass is 10.1. The Morgan fingerprint density at radius 1 is 1.11 bits per heavy atom. The van der Waals surface area contributed by atoms with Crippen LogP contribution in [-0.2, 0) is 0 Å². The van der Waals surface area contributed by atoms with Crippen LogP contribution in [-0.4, -0.2) is 24.6 Å². The molecule has 0 fully saturated rings. The predicted molar refractivity (Wildman–Crippen MR) is 70.9 cm³/mol. The van der Waals surface area contributed by atoms with Crippen molar-refractivity contribution >= 4 is 16.7 Å². The van der Waals surface area contributed by atoms with Gasteiger partial charge in [-0.25, -0.2) is 9.97 Å². The molecule has 0 saturated heterocycles. The molecule has 1 aromatic carbocycles. The number of nitrogens with one attached hydrogen (secondary N) is 2. The molecule has 19 heavy (non-hydrogen) atoms. The molecule has 3 heterocycles. The first-order chi connectivity index (χ1) is 9.34. The van der Waals surface area contributed by atoms with Gasteiger partial charge < -0.3 is 4.98 Å². The molecule has 0 atom stereocenters. The Labute approximate surface area is 106 Å². The molecule has 0 aliphatic heterocycles. The normalized spacial score (nSPS) is 11.4. The SMILES string of the molecule is O=c1c(-c2c[nH]c3ccccc23)cnc2nc[nH]n12. The Hall–Kier alpha value is -2.89. The highest BCUT2D eigenvalue weighted by molar-refractivity contribution is 5.95. The minimum atomic E-state index is -0.160. The summed E-state index contributed by atoms with van der Waals surface area (Å²) in [7, 11) is 0. The standard InChI is InChI=1S/C13H9N5O/c19-12-10(6-15-13-16-7-17-18(12)13)9-5-14-11-4-2-1-3-8(9)11/h1-7,14H,(H,15,16,17). The van der Waals surface area contributed by atoms with E-state index in [-0.39, 0.29) is 5.56 Å². The lowest BCUT2D eigenvalue weighted by molar-refractivity contribution is 0.902. The van der Waals surface area contributed by atoms with Crippen LogP contribution in [0.4, 0.5) is 0 Å². The molecule has 6 heteroatoms. The quantitative estimate of drug-likeness (QED) is 0.539. The van der Waals surface area contributed by atoms with E-state index in [0.717, 1.165) is 16.5 Å². The van der Waals surface area contributed by atoms with E-state index in [4.69, 9.17) is 0 Å². The topological polar surface area (TPSA) is 78.8 Å². The van der Waals surface area contributed by atoms with Crippen LogP contribution in [0.5, 0.6) is 0 Å². The van der Waals surface area contributed by atoms with Crippen molar-refractivity contribution < 1.29 is 0 Å². The van der Waals surface area contributed by atoms with Crippen LogP contribution in [0.2, 0.25) is 0 Å². The second-order valence-electron chi connectivity index (χ2n) is 4.25. The third kappa shape index (κ3) is 1.33. The first-order valence-corrected chi connectivity index (χ1v) is 5.82. The molecule has 4 rings (SSSR count). The molecule has 0 unspecified atom stereocenters.